The first-order valence-electron chi connectivity index (χ1n) is 6.08. The van der Waals surface area contributed by atoms with Crippen LogP contribution < -0.4 is 11.1 Å². The van der Waals surface area contributed by atoms with Crippen molar-refractivity contribution in [2.75, 3.05) is 11.1 Å². The first-order chi connectivity index (χ1) is 9.47. The molecule has 0 aliphatic carbocycles. The third kappa shape index (κ3) is 3.36. The van der Waals surface area contributed by atoms with Crippen molar-refractivity contribution in [3.63, 3.8) is 0 Å². The first kappa shape index (κ1) is 14.5. The number of carbonyl (C=O) groups excluding carboxylic acids is 1. The van der Waals surface area contributed by atoms with Crippen molar-refractivity contribution in [3.05, 3.63) is 58.3 Å². The van der Waals surface area contributed by atoms with Gasteiger partial charge in [0.25, 0.3) is 0 Å². The number of carbonyl (C=O) groups is 1. The maximum absolute atomic E-state index is 13.0. The summed E-state index contributed by atoms with van der Waals surface area (Å²) in [5.41, 5.74) is 7.69. The Morgan fingerprint density at radius 2 is 2.05 bits per heavy atom. The molecule has 1 atom stereocenters. The van der Waals surface area contributed by atoms with Gasteiger partial charge < -0.3 is 11.1 Å². The summed E-state index contributed by atoms with van der Waals surface area (Å²) in [6, 6.07) is 11.3. The molecule has 5 heteroatoms. The fourth-order valence-corrected chi connectivity index (χ4v) is 2.26. The van der Waals surface area contributed by atoms with Crippen molar-refractivity contribution in [1.29, 1.82) is 0 Å². The van der Waals surface area contributed by atoms with Gasteiger partial charge in [-0.1, -0.05) is 12.1 Å². The van der Waals surface area contributed by atoms with E-state index in [-0.39, 0.29) is 17.6 Å². The summed E-state index contributed by atoms with van der Waals surface area (Å²) in [5, 5.41) is 2.76. The molecule has 20 heavy (non-hydrogen) atoms. The van der Waals surface area contributed by atoms with Gasteiger partial charge >= 0.3 is 0 Å². The fraction of sp³-hybridized carbons (Fsp3) is 0.133. The average molecular weight is 337 g/mol. The van der Waals surface area contributed by atoms with E-state index in [1.807, 2.05) is 12.1 Å². The second-order valence-corrected chi connectivity index (χ2v) is 5.36. The maximum Gasteiger partial charge on any atom is 0.231 e. The van der Waals surface area contributed by atoms with Crippen LogP contribution >= 0.6 is 15.9 Å². The Labute approximate surface area is 125 Å². The molecule has 0 spiro atoms. The van der Waals surface area contributed by atoms with E-state index in [0.29, 0.717) is 15.8 Å². The summed E-state index contributed by atoms with van der Waals surface area (Å²) in [4.78, 5) is 12.2. The second kappa shape index (κ2) is 6.05. The Morgan fingerprint density at radius 3 is 2.70 bits per heavy atom. The van der Waals surface area contributed by atoms with Gasteiger partial charge in [0, 0.05) is 10.2 Å². The molecule has 3 nitrogen and oxygen atoms in total. The molecule has 0 radical (unpaired) electrons. The molecule has 0 aliphatic heterocycles. The van der Waals surface area contributed by atoms with Crippen molar-refractivity contribution < 1.29 is 9.18 Å². The number of nitrogen functional groups attached to an aromatic ring is 1. The molecule has 0 saturated carbocycles. The topological polar surface area (TPSA) is 55.1 Å². The molecular formula is C15H14BrFN2O. The molecule has 0 aromatic heterocycles. The minimum Gasteiger partial charge on any atom is -0.399 e. The van der Waals surface area contributed by atoms with Crippen LogP contribution in [0.25, 0.3) is 0 Å². The Morgan fingerprint density at radius 1 is 1.30 bits per heavy atom. The number of nitrogens with two attached hydrogens (primary N) is 1. The number of benzene rings is 2. The van der Waals surface area contributed by atoms with Crippen molar-refractivity contribution in [2.45, 2.75) is 12.8 Å². The van der Waals surface area contributed by atoms with Crippen LogP contribution in [-0.4, -0.2) is 5.91 Å². The largest absolute Gasteiger partial charge is 0.399 e. The first-order valence-corrected chi connectivity index (χ1v) is 6.88. The summed E-state index contributed by atoms with van der Waals surface area (Å²) in [7, 11) is 0. The third-order valence-electron chi connectivity index (χ3n) is 2.99. The number of rotatable bonds is 3. The van der Waals surface area contributed by atoms with Crippen LogP contribution in [0, 0.1) is 5.82 Å². The van der Waals surface area contributed by atoms with Crippen LogP contribution in [0.4, 0.5) is 15.8 Å². The highest BCUT2D eigenvalue weighted by atomic mass is 79.9. The lowest BCUT2D eigenvalue weighted by molar-refractivity contribution is -0.117. The van der Waals surface area contributed by atoms with E-state index in [0.717, 1.165) is 5.56 Å². The smallest absolute Gasteiger partial charge is 0.231 e. The van der Waals surface area contributed by atoms with Crippen LogP contribution in [0.3, 0.4) is 0 Å². The van der Waals surface area contributed by atoms with E-state index in [1.165, 1.54) is 18.2 Å². The highest BCUT2D eigenvalue weighted by Gasteiger charge is 2.16. The minimum atomic E-state index is -0.362. The molecule has 2 aromatic rings. The molecule has 1 unspecified atom stereocenters. The van der Waals surface area contributed by atoms with E-state index >= 15 is 0 Å². The third-order valence-corrected chi connectivity index (χ3v) is 3.65. The monoisotopic (exact) mass is 336 g/mol. The summed E-state index contributed by atoms with van der Waals surface area (Å²) in [6.07, 6.45) is 0. The minimum absolute atomic E-state index is 0.178. The Bertz CT molecular complexity index is 646. The number of hydrogen-bond acceptors (Lipinski definition) is 2. The molecule has 104 valence electrons. The molecule has 3 N–H and O–H groups in total. The van der Waals surface area contributed by atoms with E-state index in [2.05, 4.69) is 21.2 Å². The summed E-state index contributed by atoms with van der Waals surface area (Å²) >= 11 is 3.22. The SMILES string of the molecule is CC(C(=O)Nc1ccc(F)cc1Br)c1cccc(N)c1. The van der Waals surface area contributed by atoms with Crippen LogP contribution in [-0.2, 0) is 4.79 Å². The van der Waals surface area contributed by atoms with Crippen LogP contribution in [0.1, 0.15) is 18.4 Å². The lowest BCUT2D eigenvalue weighted by atomic mass is 10.00. The molecule has 1 amide bonds. The molecule has 0 bridgehead atoms. The predicted molar refractivity (Wildman–Crippen MR) is 82.0 cm³/mol. The van der Waals surface area contributed by atoms with Gasteiger partial charge in [0.1, 0.15) is 5.82 Å². The van der Waals surface area contributed by atoms with Gasteiger partial charge in [0.2, 0.25) is 5.91 Å². The van der Waals surface area contributed by atoms with Gasteiger partial charge in [-0.3, -0.25) is 4.79 Å². The predicted octanol–water partition coefficient (Wildman–Crippen LogP) is 3.91. The number of hydrogen-bond donors (Lipinski definition) is 2. The number of halogens is 2. The second-order valence-electron chi connectivity index (χ2n) is 4.51. The van der Waals surface area contributed by atoms with Crippen LogP contribution in [0.15, 0.2) is 46.9 Å². The molecule has 0 aliphatic rings. The van der Waals surface area contributed by atoms with Gasteiger partial charge in [-0.05, 0) is 58.7 Å². The van der Waals surface area contributed by atoms with Gasteiger partial charge in [-0.15, -0.1) is 0 Å². The summed E-state index contributed by atoms with van der Waals surface area (Å²) < 4.78 is 13.5. The lowest BCUT2D eigenvalue weighted by Crippen LogP contribution is -2.19. The van der Waals surface area contributed by atoms with E-state index in [9.17, 15) is 9.18 Å². The molecule has 0 saturated heterocycles. The zero-order valence-electron chi connectivity index (χ0n) is 10.9. The Balaban J connectivity index is 2.15. The summed E-state index contributed by atoms with van der Waals surface area (Å²) in [6.45, 7) is 1.79. The lowest BCUT2D eigenvalue weighted by Gasteiger charge is -2.14. The Kier molecular flexibility index (Phi) is 4.39. The maximum atomic E-state index is 13.0. The standard InChI is InChI=1S/C15H14BrFN2O/c1-9(10-3-2-4-12(18)7-10)15(20)19-14-6-5-11(17)8-13(14)16/h2-9H,18H2,1H3,(H,19,20). The van der Waals surface area contributed by atoms with Crippen molar-refractivity contribution in [2.24, 2.45) is 0 Å². The quantitative estimate of drug-likeness (QED) is 0.835. The molecule has 0 fully saturated rings. The molecule has 2 aromatic carbocycles. The molecule has 2 rings (SSSR count). The normalized spacial score (nSPS) is 11.9. The molecular weight excluding hydrogens is 323 g/mol. The van der Waals surface area contributed by atoms with Crippen LogP contribution in [0.2, 0.25) is 0 Å². The highest BCUT2D eigenvalue weighted by molar-refractivity contribution is 9.10. The zero-order valence-corrected chi connectivity index (χ0v) is 12.4. The number of nitrogens with one attached hydrogen (secondary N) is 1. The van der Waals surface area contributed by atoms with E-state index < -0.39 is 0 Å². The number of amides is 1. The molecule has 0 heterocycles. The fourth-order valence-electron chi connectivity index (χ4n) is 1.81. The highest BCUT2D eigenvalue weighted by Crippen LogP contribution is 2.25. The zero-order chi connectivity index (χ0) is 14.7. The van der Waals surface area contributed by atoms with Crippen LogP contribution in [0.5, 0.6) is 0 Å². The van der Waals surface area contributed by atoms with Gasteiger partial charge in [0.05, 0.1) is 11.6 Å². The van der Waals surface area contributed by atoms with Crippen molar-refractivity contribution in [1.82, 2.24) is 0 Å². The summed E-state index contributed by atoms with van der Waals surface area (Å²) in [5.74, 6) is -0.892. The van der Waals surface area contributed by atoms with Gasteiger partial charge in [-0.2, -0.15) is 0 Å². The van der Waals surface area contributed by atoms with E-state index in [1.54, 1.807) is 19.1 Å². The van der Waals surface area contributed by atoms with Gasteiger partial charge in [-0.25, -0.2) is 4.39 Å². The Hall–Kier alpha value is -1.88. The van der Waals surface area contributed by atoms with E-state index in [4.69, 9.17) is 5.73 Å². The number of anilines is 2. The van der Waals surface area contributed by atoms with Crippen molar-refractivity contribution in [3.8, 4) is 0 Å². The average Bonchev–Trinajstić information content (AvgIpc) is 2.41. The van der Waals surface area contributed by atoms with Gasteiger partial charge in [0.15, 0.2) is 0 Å². The van der Waals surface area contributed by atoms with Crippen molar-refractivity contribution >= 4 is 33.2 Å².